The number of carbonyl (C=O) groups excluding carboxylic acids is 2. The van der Waals surface area contributed by atoms with Crippen LogP contribution in [0, 0.1) is 0 Å². The van der Waals surface area contributed by atoms with Crippen LogP contribution in [0.2, 0.25) is 0 Å². The number of hydrogen-bond donors (Lipinski definition) is 4. The van der Waals surface area contributed by atoms with Gasteiger partial charge in [0.1, 0.15) is 31.5 Å². The molecule has 4 N–H and O–H groups in total. The highest BCUT2D eigenvalue weighted by Gasteiger charge is 2.50. The van der Waals surface area contributed by atoms with Crippen LogP contribution in [-0.2, 0) is 28.5 Å². The van der Waals surface area contributed by atoms with Crippen molar-refractivity contribution in [2.75, 3.05) is 26.4 Å². The van der Waals surface area contributed by atoms with E-state index in [4.69, 9.17) is 18.9 Å². The molecule has 0 spiro atoms. The van der Waals surface area contributed by atoms with Crippen molar-refractivity contribution in [3.05, 3.63) is 0 Å². The summed E-state index contributed by atoms with van der Waals surface area (Å²) >= 11 is 0. The quantitative estimate of drug-likeness (QED) is 0.0723. The molecule has 0 aromatic heterocycles. The van der Waals surface area contributed by atoms with Crippen molar-refractivity contribution in [1.29, 1.82) is 0 Å². The second-order valence-electron chi connectivity index (χ2n) is 12.0. The molecule has 1 fully saturated rings. The molecule has 0 aliphatic carbocycles. The van der Waals surface area contributed by atoms with Crippen molar-refractivity contribution in [1.82, 2.24) is 0 Å². The number of carbonyl (C=O) groups is 2. The fraction of sp³-hybridized carbons (Fsp3) is 0.939. The van der Waals surface area contributed by atoms with Crippen LogP contribution in [0.15, 0.2) is 0 Å². The van der Waals surface area contributed by atoms with Crippen LogP contribution in [0.3, 0.4) is 0 Å². The van der Waals surface area contributed by atoms with E-state index < -0.39 is 48.7 Å². The monoisotopic (exact) mass is 618 g/mol. The first-order valence-electron chi connectivity index (χ1n) is 17.1. The maximum atomic E-state index is 12.6. The predicted octanol–water partition coefficient (Wildman–Crippen LogP) is 5.10. The zero-order valence-electron chi connectivity index (χ0n) is 27.0. The highest BCUT2D eigenvalue weighted by atomic mass is 16.7. The van der Waals surface area contributed by atoms with Gasteiger partial charge in [0.05, 0.1) is 13.2 Å². The van der Waals surface area contributed by atoms with Crippen LogP contribution in [0.25, 0.3) is 0 Å². The summed E-state index contributed by atoms with van der Waals surface area (Å²) in [6.07, 6.45) is 15.1. The Bertz CT molecular complexity index is 705. The second-order valence-corrected chi connectivity index (χ2v) is 12.0. The highest BCUT2D eigenvalue weighted by molar-refractivity contribution is 5.70. The van der Waals surface area contributed by atoms with Gasteiger partial charge in [-0.25, -0.2) is 0 Å². The van der Waals surface area contributed by atoms with Gasteiger partial charge in [-0.15, -0.1) is 0 Å². The van der Waals surface area contributed by atoms with Crippen molar-refractivity contribution in [2.45, 2.75) is 172 Å². The Balaban J connectivity index is 2.50. The summed E-state index contributed by atoms with van der Waals surface area (Å²) in [6, 6.07) is 0. The average Bonchev–Trinajstić information content (AvgIpc) is 3.00. The molecule has 1 saturated heterocycles. The predicted molar refractivity (Wildman–Crippen MR) is 164 cm³/mol. The van der Waals surface area contributed by atoms with Gasteiger partial charge in [-0.1, -0.05) is 117 Å². The smallest absolute Gasteiger partial charge is 0.306 e. The molecular weight excluding hydrogens is 556 g/mol. The zero-order chi connectivity index (χ0) is 31.8. The Morgan fingerprint density at radius 2 is 1.19 bits per heavy atom. The third-order valence-electron chi connectivity index (χ3n) is 8.10. The molecule has 254 valence electrons. The molecular formula is C33H62O10. The van der Waals surface area contributed by atoms with E-state index in [1.807, 2.05) is 0 Å². The molecule has 43 heavy (non-hydrogen) atoms. The molecule has 1 heterocycles. The normalized spacial score (nSPS) is 22.8. The highest BCUT2D eigenvalue weighted by Crippen LogP contribution is 2.28. The maximum absolute atomic E-state index is 12.6. The molecule has 0 unspecified atom stereocenters. The van der Waals surface area contributed by atoms with E-state index >= 15 is 0 Å². The Hall–Kier alpha value is -1.30. The summed E-state index contributed by atoms with van der Waals surface area (Å²) in [4.78, 5) is 25.0. The molecule has 0 aromatic carbocycles. The summed E-state index contributed by atoms with van der Waals surface area (Å²) in [5.41, 5.74) is 0. The van der Waals surface area contributed by atoms with E-state index in [1.54, 1.807) is 0 Å². The first-order chi connectivity index (χ1) is 20.8. The number of unbranched alkanes of at least 4 members (excludes halogenated alkanes) is 16. The molecule has 10 nitrogen and oxygen atoms in total. The van der Waals surface area contributed by atoms with E-state index in [9.17, 15) is 30.0 Å². The van der Waals surface area contributed by atoms with Crippen molar-refractivity contribution in [3.8, 4) is 0 Å². The molecule has 10 heteroatoms. The maximum Gasteiger partial charge on any atom is 0.306 e. The number of ether oxygens (including phenoxy) is 4. The summed E-state index contributed by atoms with van der Waals surface area (Å²) in [6.45, 7) is 2.63. The summed E-state index contributed by atoms with van der Waals surface area (Å²) in [5, 5.41) is 40.1. The lowest BCUT2D eigenvalue weighted by molar-refractivity contribution is -0.352. The lowest BCUT2D eigenvalue weighted by Crippen LogP contribution is -2.64. The van der Waals surface area contributed by atoms with E-state index in [-0.39, 0.29) is 32.7 Å². The van der Waals surface area contributed by atoms with Gasteiger partial charge in [-0.2, -0.15) is 0 Å². The third-order valence-corrected chi connectivity index (χ3v) is 8.10. The summed E-state index contributed by atoms with van der Waals surface area (Å²) in [5.74, 6) is -2.86. The van der Waals surface area contributed by atoms with Gasteiger partial charge < -0.3 is 39.4 Å². The minimum atomic E-state index is -2.01. The van der Waals surface area contributed by atoms with Crippen molar-refractivity contribution >= 4 is 11.9 Å². The SMILES string of the molecule is CCCCCCCCCCCC(=O)OC[C@@H](CO[C@]1(CO)OC[C@@H](O)[C@@H](O)[C@@H]1O)OC(=O)CCCCCCCCCCC. The molecule has 0 amide bonds. The first kappa shape index (κ1) is 39.7. The summed E-state index contributed by atoms with van der Waals surface area (Å²) in [7, 11) is 0. The number of aliphatic hydroxyl groups excluding tert-OH is 4. The Labute approximate surface area is 259 Å². The molecule has 0 radical (unpaired) electrons. The van der Waals surface area contributed by atoms with Crippen molar-refractivity contribution < 1.29 is 49.0 Å². The molecule has 1 rings (SSSR count). The Kier molecular flexibility index (Phi) is 23.1. The lowest BCUT2D eigenvalue weighted by atomic mass is 9.97. The number of hydrogen-bond acceptors (Lipinski definition) is 10. The van der Waals surface area contributed by atoms with Gasteiger partial charge in [0.15, 0.2) is 6.10 Å². The standard InChI is InChI=1S/C33H62O10/c1-3-5-7-9-11-13-15-17-19-21-29(36)40-23-27(24-41-33(26-34)32(39)31(38)28(35)25-42-33)43-30(37)22-20-18-16-14-12-10-8-6-4-2/h27-28,31-32,34-35,38-39H,3-26H2,1-2H3/t27-,28+,31+,32-,33+/m0/s1. The number of aliphatic hydroxyl groups is 4. The van der Waals surface area contributed by atoms with Crippen molar-refractivity contribution in [2.24, 2.45) is 0 Å². The van der Waals surface area contributed by atoms with Gasteiger partial charge in [0.2, 0.25) is 5.79 Å². The molecule has 0 aromatic rings. The van der Waals surface area contributed by atoms with Crippen LogP contribution in [0.1, 0.15) is 142 Å². The van der Waals surface area contributed by atoms with Crippen LogP contribution >= 0.6 is 0 Å². The zero-order valence-corrected chi connectivity index (χ0v) is 27.0. The van der Waals surface area contributed by atoms with Gasteiger partial charge >= 0.3 is 11.9 Å². The Morgan fingerprint density at radius 3 is 1.67 bits per heavy atom. The molecule has 0 bridgehead atoms. The van der Waals surface area contributed by atoms with Crippen LogP contribution in [-0.4, -0.2) is 89.0 Å². The van der Waals surface area contributed by atoms with E-state index in [2.05, 4.69) is 13.8 Å². The minimum absolute atomic E-state index is 0.216. The summed E-state index contributed by atoms with van der Waals surface area (Å²) < 4.78 is 22.0. The number of esters is 2. The first-order valence-corrected chi connectivity index (χ1v) is 17.1. The second kappa shape index (κ2) is 25.0. The topological polar surface area (TPSA) is 152 Å². The Morgan fingerprint density at radius 1 is 0.721 bits per heavy atom. The van der Waals surface area contributed by atoms with Gasteiger partial charge in [-0.05, 0) is 12.8 Å². The van der Waals surface area contributed by atoms with E-state index in [0.717, 1.165) is 38.5 Å². The van der Waals surface area contributed by atoms with Gasteiger partial charge in [0.25, 0.3) is 0 Å². The fourth-order valence-electron chi connectivity index (χ4n) is 5.21. The fourth-order valence-corrected chi connectivity index (χ4v) is 5.21. The van der Waals surface area contributed by atoms with E-state index in [1.165, 1.54) is 70.6 Å². The molecule has 5 atom stereocenters. The minimum Gasteiger partial charge on any atom is -0.462 e. The largest absolute Gasteiger partial charge is 0.462 e. The molecule has 0 saturated carbocycles. The van der Waals surface area contributed by atoms with Crippen LogP contribution < -0.4 is 0 Å². The third kappa shape index (κ3) is 17.7. The van der Waals surface area contributed by atoms with Crippen LogP contribution in [0.5, 0.6) is 0 Å². The molecule has 1 aliphatic heterocycles. The van der Waals surface area contributed by atoms with E-state index in [0.29, 0.717) is 6.42 Å². The number of rotatable bonds is 27. The van der Waals surface area contributed by atoms with Crippen LogP contribution in [0.4, 0.5) is 0 Å². The van der Waals surface area contributed by atoms with Gasteiger partial charge in [0, 0.05) is 12.8 Å². The van der Waals surface area contributed by atoms with Crippen molar-refractivity contribution in [3.63, 3.8) is 0 Å². The van der Waals surface area contributed by atoms with Gasteiger partial charge in [-0.3, -0.25) is 9.59 Å². The molecule has 1 aliphatic rings. The average molecular weight is 619 g/mol. The lowest BCUT2D eigenvalue weighted by Gasteiger charge is -2.44.